The molecule has 22 heavy (non-hydrogen) atoms. The Morgan fingerprint density at radius 1 is 1.23 bits per heavy atom. The van der Waals surface area contributed by atoms with Gasteiger partial charge in [-0.25, -0.2) is 0 Å². The molecule has 0 aliphatic carbocycles. The van der Waals surface area contributed by atoms with E-state index in [9.17, 15) is 14.9 Å². The summed E-state index contributed by atoms with van der Waals surface area (Å²) in [6.07, 6.45) is 2.94. The van der Waals surface area contributed by atoms with Crippen LogP contribution in [-0.2, 0) is 4.79 Å². The summed E-state index contributed by atoms with van der Waals surface area (Å²) in [5, 5.41) is 13.9. The SMILES string of the molecule is Cc1c(Cl)cccc1NC(=O)C=Cc1ccc([N+](=O)[O-])cc1. The zero-order valence-corrected chi connectivity index (χ0v) is 12.5. The number of halogens is 1. The fraction of sp³-hybridized carbons (Fsp3) is 0.0625. The number of carbonyl (C=O) groups excluding carboxylic acids is 1. The molecule has 0 atom stereocenters. The fourth-order valence-electron chi connectivity index (χ4n) is 1.80. The minimum Gasteiger partial charge on any atom is -0.322 e. The van der Waals surface area contributed by atoms with Crippen LogP contribution in [0.3, 0.4) is 0 Å². The van der Waals surface area contributed by atoms with E-state index in [4.69, 9.17) is 11.6 Å². The molecule has 6 heteroatoms. The van der Waals surface area contributed by atoms with Gasteiger partial charge in [-0.2, -0.15) is 0 Å². The van der Waals surface area contributed by atoms with Gasteiger partial charge >= 0.3 is 0 Å². The third-order valence-electron chi connectivity index (χ3n) is 3.06. The zero-order valence-electron chi connectivity index (χ0n) is 11.7. The number of amides is 1. The molecule has 5 nitrogen and oxygen atoms in total. The van der Waals surface area contributed by atoms with Crippen LogP contribution in [0.1, 0.15) is 11.1 Å². The zero-order chi connectivity index (χ0) is 16.1. The molecule has 0 heterocycles. The summed E-state index contributed by atoms with van der Waals surface area (Å²) in [6.45, 7) is 1.82. The summed E-state index contributed by atoms with van der Waals surface area (Å²) in [5.74, 6) is -0.302. The monoisotopic (exact) mass is 316 g/mol. The van der Waals surface area contributed by atoms with Crippen molar-refractivity contribution in [3.8, 4) is 0 Å². The van der Waals surface area contributed by atoms with Gasteiger partial charge in [0.25, 0.3) is 5.69 Å². The van der Waals surface area contributed by atoms with E-state index in [1.54, 1.807) is 36.4 Å². The number of hydrogen-bond donors (Lipinski definition) is 1. The van der Waals surface area contributed by atoms with E-state index < -0.39 is 4.92 Å². The highest BCUT2D eigenvalue weighted by molar-refractivity contribution is 6.31. The van der Waals surface area contributed by atoms with Gasteiger partial charge in [0, 0.05) is 28.9 Å². The van der Waals surface area contributed by atoms with E-state index >= 15 is 0 Å². The standard InChI is InChI=1S/C16H13ClN2O3/c1-11-14(17)3-2-4-15(11)18-16(20)10-7-12-5-8-13(9-6-12)19(21)22/h2-10H,1H3,(H,18,20). The first-order chi connectivity index (χ1) is 10.5. The molecule has 0 aliphatic heterocycles. The first kappa shape index (κ1) is 15.7. The molecule has 0 radical (unpaired) electrons. The Balaban J connectivity index is 2.05. The van der Waals surface area contributed by atoms with Crippen molar-refractivity contribution in [3.05, 3.63) is 74.8 Å². The summed E-state index contributed by atoms with van der Waals surface area (Å²) in [7, 11) is 0. The lowest BCUT2D eigenvalue weighted by molar-refractivity contribution is -0.384. The maximum absolute atomic E-state index is 11.9. The molecule has 112 valence electrons. The van der Waals surface area contributed by atoms with Crippen LogP contribution in [0.5, 0.6) is 0 Å². The number of carbonyl (C=O) groups is 1. The smallest absolute Gasteiger partial charge is 0.269 e. The fourth-order valence-corrected chi connectivity index (χ4v) is 1.97. The maximum atomic E-state index is 11.9. The molecule has 0 fully saturated rings. The Morgan fingerprint density at radius 2 is 1.91 bits per heavy atom. The predicted molar refractivity (Wildman–Crippen MR) is 86.9 cm³/mol. The summed E-state index contributed by atoms with van der Waals surface area (Å²) in [6, 6.07) is 11.2. The van der Waals surface area contributed by atoms with Crippen molar-refractivity contribution < 1.29 is 9.72 Å². The number of hydrogen-bond acceptors (Lipinski definition) is 3. The number of nitrogens with zero attached hydrogens (tertiary/aromatic N) is 1. The minimum atomic E-state index is -0.470. The molecule has 0 saturated heterocycles. The maximum Gasteiger partial charge on any atom is 0.269 e. The predicted octanol–water partition coefficient (Wildman–Crippen LogP) is 4.21. The average Bonchev–Trinajstić information content (AvgIpc) is 2.50. The van der Waals surface area contributed by atoms with Gasteiger partial charge < -0.3 is 5.32 Å². The van der Waals surface area contributed by atoms with Gasteiger partial charge in [-0.15, -0.1) is 0 Å². The number of nitro benzene ring substituents is 1. The number of non-ortho nitro benzene ring substituents is 1. The number of nitro groups is 1. The minimum absolute atomic E-state index is 0.0103. The van der Waals surface area contributed by atoms with Gasteiger partial charge in [0.05, 0.1) is 4.92 Å². The molecule has 0 aliphatic rings. The molecule has 1 amide bonds. The van der Waals surface area contributed by atoms with Crippen molar-refractivity contribution in [2.24, 2.45) is 0 Å². The van der Waals surface area contributed by atoms with E-state index in [1.807, 2.05) is 6.92 Å². The summed E-state index contributed by atoms with van der Waals surface area (Å²) in [5.41, 5.74) is 2.15. The Morgan fingerprint density at radius 3 is 2.55 bits per heavy atom. The lowest BCUT2D eigenvalue weighted by Crippen LogP contribution is -2.08. The van der Waals surface area contributed by atoms with Gasteiger partial charge in [0.2, 0.25) is 5.91 Å². The lowest BCUT2D eigenvalue weighted by atomic mass is 10.2. The van der Waals surface area contributed by atoms with Crippen LogP contribution in [0.15, 0.2) is 48.5 Å². The van der Waals surface area contributed by atoms with Gasteiger partial charge in [-0.3, -0.25) is 14.9 Å². The van der Waals surface area contributed by atoms with E-state index in [2.05, 4.69) is 5.32 Å². The van der Waals surface area contributed by atoms with E-state index in [1.165, 1.54) is 18.2 Å². The second kappa shape index (κ2) is 6.87. The van der Waals surface area contributed by atoms with Crippen molar-refractivity contribution in [1.29, 1.82) is 0 Å². The first-order valence-electron chi connectivity index (χ1n) is 6.46. The van der Waals surface area contributed by atoms with Gasteiger partial charge in [0.15, 0.2) is 0 Å². The third-order valence-corrected chi connectivity index (χ3v) is 3.47. The van der Waals surface area contributed by atoms with Crippen LogP contribution in [-0.4, -0.2) is 10.8 Å². The van der Waals surface area contributed by atoms with Crippen molar-refractivity contribution in [3.63, 3.8) is 0 Å². The Bertz CT molecular complexity index is 740. The van der Waals surface area contributed by atoms with Gasteiger partial charge in [-0.05, 0) is 48.4 Å². The van der Waals surface area contributed by atoms with Crippen molar-refractivity contribution in [2.45, 2.75) is 6.92 Å². The first-order valence-corrected chi connectivity index (χ1v) is 6.84. The Labute approximate surface area is 132 Å². The van der Waals surface area contributed by atoms with Gasteiger partial charge in [0.1, 0.15) is 0 Å². The van der Waals surface area contributed by atoms with Crippen molar-refractivity contribution in [2.75, 3.05) is 5.32 Å². The molecular weight excluding hydrogens is 304 g/mol. The highest BCUT2D eigenvalue weighted by atomic mass is 35.5. The van der Waals surface area contributed by atoms with Crippen molar-refractivity contribution >= 4 is 35.0 Å². The Hall–Kier alpha value is -2.66. The van der Waals surface area contributed by atoms with Crippen LogP contribution in [0.4, 0.5) is 11.4 Å². The summed E-state index contributed by atoms with van der Waals surface area (Å²) < 4.78 is 0. The highest BCUT2D eigenvalue weighted by Gasteiger charge is 2.05. The molecule has 0 unspecified atom stereocenters. The second-order valence-electron chi connectivity index (χ2n) is 4.58. The Kier molecular flexibility index (Phi) is 4.91. The normalized spacial score (nSPS) is 10.6. The van der Waals surface area contributed by atoms with Crippen LogP contribution in [0.25, 0.3) is 6.08 Å². The number of benzene rings is 2. The second-order valence-corrected chi connectivity index (χ2v) is 4.99. The van der Waals surface area contributed by atoms with Crippen LogP contribution < -0.4 is 5.32 Å². The number of anilines is 1. The topological polar surface area (TPSA) is 72.2 Å². The van der Waals surface area contributed by atoms with E-state index in [0.717, 1.165) is 5.56 Å². The van der Waals surface area contributed by atoms with Crippen LogP contribution in [0, 0.1) is 17.0 Å². The highest BCUT2D eigenvalue weighted by Crippen LogP contribution is 2.22. The third kappa shape index (κ3) is 3.93. The lowest BCUT2D eigenvalue weighted by Gasteiger charge is -2.07. The number of nitrogens with one attached hydrogen (secondary N) is 1. The molecule has 2 rings (SSSR count). The molecule has 2 aromatic rings. The molecule has 1 N–H and O–H groups in total. The van der Waals surface area contributed by atoms with Crippen molar-refractivity contribution in [1.82, 2.24) is 0 Å². The summed E-state index contributed by atoms with van der Waals surface area (Å²) in [4.78, 5) is 22.0. The van der Waals surface area contributed by atoms with Gasteiger partial charge in [-0.1, -0.05) is 17.7 Å². The molecular formula is C16H13ClN2O3. The molecule has 0 bridgehead atoms. The average molecular weight is 317 g/mol. The molecule has 0 spiro atoms. The molecule has 0 aromatic heterocycles. The molecule has 2 aromatic carbocycles. The van der Waals surface area contributed by atoms with E-state index in [-0.39, 0.29) is 11.6 Å². The summed E-state index contributed by atoms with van der Waals surface area (Å²) >= 11 is 5.99. The molecule has 0 saturated carbocycles. The quantitative estimate of drug-likeness (QED) is 0.521. The number of rotatable bonds is 4. The van der Waals surface area contributed by atoms with E-state index in [0.29, 0.717) is 16.3 Å². The largest absolute Gasteiger partial charge is 0.322 e. The van der Waals surface area contributed by atoms with Crippen LogP contribution >= 0.6 is 11.6 Å². The van der Waals surface area contributed by atoms with Crippen LogP contribution in [0.2, 0.25) is 5.02 Å².